The second-order valence-corrected chi connectivity index (χ2v) is 3.95. The first kappa shape index (κ1) is 10.7. The van der Waals surface area contributed by atoms with Crippen molar-refractivity contribution < 1.29 is 18.8 Å². The Bertz CT molecular complexity index is 362. The van der Waals surface area contributed by atoms with Crippen LogP contribution in [-0.4, -0.2) is 28.1 Å². The quantitative estimate of drug-likeness (QED) is 0.808. The highest BCUT2D eigenvalue weighted by molar-refractivity contribution is 7.85. The Hall–Kier alpha value is -1.36. The first-order chi connectivity index (χ1) is 6.65. The topological polar surface area (TPSA) is 63.6 Å². The summed E-state index contributed by atoms with van der Waals surface area (Å²) < 4.78 is 16.4. The van der Waals surface area contributed by atoms with Crippen molar-refractivity contribution in [3.8, 4) is 5.75 Å². The van der Waals surface area contributed by atoms with Gasteiger partial charge in [0.05, 0.1) is 22.8 Å². The number of methoxy groups -OCH3 is 1. The molecule has 0 heterocycles. The van der Waals surface area contributed by atoms with Gasteiger partial charge in [-0.2, -0.15) is 0 Å². The average Bonchev–Trinajstić information content (AvgIpc) is 2.16. The van der Waals surface area contributed by atoms with Gasteiger partial charge in [-0.05, 0) is 12.1 Å². The number of hydrogen-bond donors (Lipinski definition) is 1. The van der Waals surface area contributed by atoms with Gasteiger partial charge in [0.2, 0.25) is 0 Å². The molecule has 0 aliphatic heterocycles. The second-order valence-electron chi connectivity index (χ2n) is 2.53. The molecule has 0 bridgehead atoms. The molecule has 0 spiro atoms. The molecule has 5 heteroatoms. The van der Waals surface area contributed by atoms with Crippen LogP contribution in [0.5, 0.6) is 5.75 Å². The van der Waals surface area contributed by atoms with Crippen LogP contribution in [0.25, 0.3) is 0 Å². The molecule has 1 aromatic carbocycles. The number of rotatable bonds is 4. The van der Waals surface area contributed by atoms with E-state index < -0.39 is 22.5 Å². The zero-order valence-electron chi connectivity index (χ0n) is 7.60. The number of carboxylic acids is 1. The van der Waals surface area contributed by atoms with Gasteiger partial charge in [-0.1, -0.05) is 12.1 Å². The molecule has 4 nitrogen and oxygen atoms in total. The third-order valence-electron chi connectivity index (χ3n) is 1.57. The third-order valence-corrected chi connectivity index (χ3v) is 2.91. The summed E-state index contributed by atoms with van der Waals surface area (Å²) in [5.41, 5.74) is 0. The lowest BCUT2D eigenvalue weighted by Crippen LogP contribution is -2.09. The summed E-state index contributed by atoms with van der Waals surface area (Å²) >= 11 is 0. The van der Waals surface area contributed by atoms with Crippen molar-refractivity contribution in [2.24, 2.45) is 0 Å². The molecule has 0 aliphatic carbocycles. The highest BCUT2D eigenvalue weighted by Crippen LogP contribution is 2.21. The maximum absolute atomic E-state index is 11.5. The fourth-order valence-electron chi connectivity index (χ4n) is 0.997. The summed E-state index contributed by atoms with van der Waals surface area (Å²) in [7, 11) is -0.0943. The molecule has 0 radical (unpaired) electrons. The van der Waals surface area contributed by atoms with Crippen molar-refractivity contribution in [2.45, 2.75) is 4.90 Å². The van der Waals surface area contributed by atoms with Crippen molar-refractivity contribution in [3.63, 3.8) is 0 Å². The van der Waals surface area contributed by atoms with Gasteiger partial charge in [-0.3, -0.25) is 9.00 Å². The minimum atomic E-state index is -1.55. The molecular weight excluding hydrogens is 204 g/mol. The minimum Gasteiger partial charge on any atom is -0.495 e. The zero-order chi connectivity index (χ0) is 10.6. The smallest absolute Gasteiger partial charge is 0.316 e. The molecule has 0 fully saturated rings. The van der Waals surface area contributed by atoms with Crippen LogP contribution in [0.1, 0.15) is 0 Å². The predicted molar refractivity (Wildman–Crippen MR) is 51.9 cm³/mol. The maximum atomic E-state index is 11.5. The Balaban J connectivity index is 2.94. The van der Waals surface area contributed by atoms with E-state index >= 15 is 0 Å². The molecule has 1 unspecified atom stereocenters. The summed E-state index contributed by atoms with van der Waals surface area (Å²) in [6, 6.07) is 6.67. The van der Waals surface area contributed by atoms with E-state index in [0.29, 0.717) is 10.6 Å². The van der Waals surface area contributed by atoms with Gasteiger partial charge < -0.3 is 9.84 Å². The summed E-state index contributed by atoms with van der Waals surface area (Å²) in [5.74, 6) is -1.04. The molecule has 1 atom stereocenters. The SMILES string of the molecule is COc1ccccc1S(=O)CC(=O)O. The lowest BCUT2D eigenvalue weighted by Gasteiger charge is -2.05. The number of para-hydroxylation sites is 1. The monoisotopic (exact) mass is 214 g/mol. The van der Waals surface area contributed by atoms with Crippen LogP contribution in [0.15, 0.2) is 29.2 Å². The number of aliphatic carboxylic acids is 1. The van der Waals surface area contributed by atoms with Gasteiger partial charge in [-0.25, -0.2) is 0 Å². The molecule has 0 aliphatic rings. The van der Waals surface area contributed by atoms with Crippen LogP contribution in [-0.2, 0) is 15.6 Å². The molecule has 0 saturated heterocycles. The molecule has 0 saturated carbocycles. The van der Waals surface area contributed by atoms with Crippen LogP contribution in [0.3, 0.4) is 0 Å². The van der Waals surface area contributed by atoms with Gasteiger partial charge in [0.1, 0.15) is 11.5 Å². The third kappa shape index (κ3) is 2.56. The summed E-state index contributed by atoms with van der Waals surface area (Å²) in [6.45, 7) is 0. The lowest BCUT2D eigenvalue weighted by molar-refractivity contribution is -0.133. The largest absolute Gasteiger partial charge is 0.495 e. The highest BCUT2D eigenvalue weighted by atomic mass is 32.2. The summed E-state index contributed by atoms with van der Waals surface area (Å²) in [5, 5.41) is 8.47. The second kappa shape index (κ2) is 4.76. The first-order valence-electron chi connectivity index (χ1n) is 3.88. The van der Waals surface area contributed by atoms with Crippen LogP contribution in [0.2, 0.25) is 0 Å². The minimum absolute atomic E-state index is 0.402. The lowest BCUT2D eigenvalue weighted by atomic mass is 10.3. The van der Waals surface area contributed by atoms with Gasteiger partial charge >= 0.3 is 5.97 Å². The van der Waals surface area contributed by atoms with E-state index in [2.05, 4.69) is 0 Å². The van der Waals surface area contributed by atoms with Crippen molar-refractivity contribution in [3.05, 3.63) is 24.3 Å². The Kier molecular flexibility index (Phi) is 3.64. The number of benzene rings is 1. The Morgan fingerprint density at radius 3 is 2.71 bits per heavy atom. The first-order valence-corrected chi connectivity index (χ1v) is 5.20. The molecule has 14 heavy (non-hydrogen) atoms. The predicted octanol–water partition coefficient (Wildman–Crippen LogP) is 0.887. The molecule has 0 amide bonds. The van der Waals surface area contributed by atoms with E-state index in [-0.39, 0.29) is 0 Å². The number of carboxylic acid groups (broad SMARTS) is 1. The summed E-state index contributed by atoms with van der Waals surface area (Å²) in [4.78, 5) is 10.8. The van der Waals surface area contributed by atoms with Gasteiger partial charge in [0, 0.05) is 0 Å². The van der Waals surface area contributed by atoms with E-state index in [0.717, 1.165) is 0 Å². The van der Waals surface area contributed by atoms with Crippen LogP contribution in [0.4, 0.5) is 0 Å². The van der Waals surface area contributed by atoms with Gasteiger partial charge in [0.15, 0.2) is 0 Å². The van der Waals surface area contributed by atoms with Crippen LogP contribution in [0, 0.1) is 0 Å². The molecule has 1 N–H and O–H groups in total. The molecule has 76 valence electrons. The standard InChI is InChI=1S/C9H10O4S/c1-13-7-4-2-3-5-8(7)14(12)6-9(10)11/h2-5H,6H2,1H3,(H,10,11). The maximum Gasteiger partial charge on any atom is 0.316 e. The number of ether oxygens (including phenoxy) is 1. The van der Waals surface area contributed by atoms with E-state index in [1.165, 1.54) is 7.11 Å². The summed E-state index contributed by atoms with van der Waals surface area (Å²) in [6.07, 6.45) is 0. The molecule has 1 rings (SSSR count). The average molecular weight is 214 g/mol. The van der Waals surface area contributed by atoms with Gasteiger partial charge in [0.25, 0.3) is 0 Å². The van der Waals surface area contributed by atoms with Gasteiger partial charge in [-0.15, -0.1) is 0 Å². The van der Waals surface area contributed by atoms with Crippen molar-refractivity contribution in [1.29, 1.82) is 0 Å². The van der Waals surface area contributed by atoms with E-state index in [4.69, 9.17) is 9.84 Å². The molecule has 1 aromatic rings. The Labute approximate surface area is 84.0 Å². The fourth-order valence-corrected chi connectivity index (χ4v) is 1.98. The normalized spacial score (nSPS) is 12.1. The Morgan fingerprint density at radius 2 is 2.14 bits per heavy atom. The number of hydrogen-bond acceptors (Lipinski definition) is 3. The van der Waals surface area contributed by atoms with E-state index in [1.807, 2.05) is 0 Å². The number of carbonyl (C=O) groups is 1. The van der Waals surface area contributed by atoms with Crippen LogP contribution < -0.4 is 4.74 Å². The van der Waals surface area contributed by atoms with E-state index in [1.54, 1.807) is 24.3 Å². The highest BCUT2D eigenvalue weighted by Gasteiger charge is 2.12. The molecular formula is C9H10O4S. The molecule has 0 aromatic heterocycles. The van der Waals surface area contributed by atoms with Crippen molar-refractivity contribution in [1.82, 2.24) is 0 Å². The Morgan fingerprint density at radius 1 is 1.50 bits per heavy atom. The van der Waals surface area contributed by atoms with Crippen LogP contribution >= 0.6 is 0 Å². The fraction of sp³-hybridized carbons (Fsp3) is 0.222. The van der Waals surface area contributed by atoms with E-state index in [9.17, 15) is 9.00 Å². The zero-order valence-corrected chi connectivity index (χ0v) is 8.41. The van der Waals surface area contributed by atoms with Crippen molar-refractivity contribution in [2.75, 3.05) is 12.9 Å². The van der Waals surface area contributed by atoms with Crippen molar-refractivity contribution >= 4 is 16.8 Å².